The molecule has 2 aromatic rings. The molecule has 0 aliphatic heterocycles. The Labute approximate surface area is 159 Å². The highest BCUT2D eigenvalue weighted by atomic mass is 127. The van der Waals surface area contributed by atoms with Crippen LogP contribution in [0.4, 0.5) is 14.5 Å². The maximum Gasteiger partial charge on any atom is 0.267 e. The van der Waals surface area contributed by atoms with E-state index in [0.29, 0.717) is 12.1 Å². The lowest BCUT2D eigenvalue weighted by Gasteiger charge is -2.17. The van der Waals surface area contributed by atoms with Crippen molar-refractivity contribution in [2.75, 3.05) is 5.32 Å². The monoisotopic (exact) mass is 459 g/mol. The van der Waals surface area contributed by atoms with Crippen LogP contribution in [0, 0.1) is 17.4 Å². The first-order valence-corrected chi connectivity index (χ1v) is 9.00. The summed E-state index contributed by atoms with van der Waals surface area (Å²) in [6.07, 6.45) is -2.25. The molecule has 0 atom stereocenters. The molecule has 1 N–H and O–H groups in total. The van der Waals surface area contributed by atoms with E-state index in [4.69, 9.17) is 4.74 Å². The maximum absolute atomic E-state index is 13.3. The third kappa shape index (κ3) is 4.90. The number of anilines is 1. The Kier molecular flexibility index (Phi) is 6.75. The van der Waals surface area contributed by atoms with Crippen molar-refractivity contribution in [1.82, 2.24) is 0 Å². The van der Waals surface area contributed by atoms with Gasteiger partial charge in [0.05, 0.1) is 5.56 Å². The van der Waals surface area contributed by atoms with Crippen molar-refractivity contribution in [2.45, 2.75) is 40.2 Å². The van der Waals surface area contributed by atoms with Gasteiger partial charge in [0.2, 0.25) is 5.91 Å². The molecule has 134 valence electrons. The van der Waals surface area contributed by atoms with Crippen LogP contribution in [0.2, 0.25) is 0 Å². The van der Waals surface area contributed by atoms with E-state index in [1.54, 1.807) is 26.0 Å². The molecule has 0 fully saturated rings. The van der Waals surface area contributed by atoms with E-state index in [-0.39, 0.29) is 23.8 Å². The van der Waals surface area contributed by atoms with Gasteiger partial charge in [-0.15, -0.1) is 0 Å². The highest BCUT2D eigenvalue weighted by Crippen LogP contribution is 2.33. The van der Waals surface area contributed by atoms with Crippen molar-refractivity contribution in [3.05, 3.63) is 56.2 Å². The van der Waals surface area contributed by atoms with Gasteiger partial charge in [0.15, 0.2) is 0 Å². The zero-order valence-corrected chi connectivity index (χ0v) is 16.5. The average molecular weight is 459 g/mol. The van der Waals surface area contributed by atoms with Crippen LogP contribution in [0.25, 0.3) is 0 Å². The summed E-state index contributed by atoms with van der Waals surface area (Å²) in [4.78, 5) is 11.7. The second-order valence-electron chi connectivity index (χ2n) is 5.73. The van der Waals surface area contributed by atoms with E-state index in [1.165, 1.54) is 6.07 Å². The van der Waals surface area contributed by atoms with Gasteiger partial charge in [-0.1, -0.05) is 13.0 Å². The molecule has 0 aliphatic rings. The van der Waals surface area contributed by atoms with Crippen molar-refractivity contribution < 1.29 is 18.3 Å². The molecule has 1 amide bonds. The van der Waals surface area contributed by atoms with Crippen LogP contribution in [0.5, 0.6) is 5.75 Å². The van der Waals surface area contributed by atoms with Crippen LogP contribution in [-0.4, -0.2) is 5.91 Å². The van der Waals surface area contributed by atoms with Gasteiger partial charge in [0, 0.05) is 21.2 Å². The lowest BCUT2D eigenvalue weighted by Crippen LogP contribution is -2.13. The highest BCUT2D eigenvalue weighted by Gasteiger charge is 2.17. The van der Waals surface area contributed by atoms with Crippen LogP contribution in [0.1, 0.15) is 42.0 Å². The van der Waals surface area contributed by atoms with Crippen molar-refractivity contribution in [3.8, 4) is 5.75 Å². The van der Waals surface area contributed by atoms with Gasteiger partial charge in [-0.25, -0.2) is 8.78 Å². The molecule has 2 aromatic carbocycles. The Morgan fingerprint density at radius 1 is 1.24 bits per heavy atom. The minimum absolute atomic E-state index is 0.0979. The molecule has 0 spiro atoms. The fourth-order valence-corrected chi connectivity index (χ4v) is 2.97. The molecule has 0 saturated heterocycles. The van der Waals surface area contributed by atoms with Crippen molar-refractivity contribution in [2.24, 2.45) is 0 Å². The van der Waals surface area contributed by atoms with Gasteiger partial charge in [0.25, 0.3) is 6.43 Å². The highest BCUT2D eigenvalue weighted by molar-refractivity contribution is 14.1. The Balaban J connectivity index is 2.30. The maximum atomic E-state index is 13.3. The summed E-state index contributed by atoms with van der Waals surface area (Å²) in [5.74, 6) is 0.0632. The topological polar surface area (TPSA) is 38.3 Å². The van der Waals surface area contributed by atoms with Gasteiger partial charge in [-0.2, -0.15) is 0 Å². The lowest BCUT2D eigenvalue weighted by molar-refractivity contribution is -0.115. The number of benzene rings is 2. The number of hydrogen-bond acceptors (Lipinski definition) is 2. The number of hydrogen-bond donors (Lipinski definition) is 1. The SMILES string of the molecule is CCC(=O)Nc1cccc(I)c1COc1cc(C)c(C)cc1C(F)F. The standard InChI is InChI=1S/C19H20F2INO2/c1-4-18(24)23-16-7-5-6-15(22)14(16)10-25-17-9-12(3)11(2)8-13(17)19(20)21/h5-9,19H,4,10H2,1-3H3,(H,23,24). The van der Waals surface area contributed by atoms with Crippen molar-refractivity contribution in [3.63, 3.8) is 0 Å². The molecule has 6 heteroatoms. The van der Waals surface area contributed by atoms with Gasteiger partial charge >= 0.3 is 0 Å². The molecule has 0 bridgehead atoms. The number of rotatable bonds is 6. The van der Waals surface area contributed by atoms with Crippen LogP contribution >= 0.6 is 22.6 Å². The third-order valence-corrected chi connectivity index (χ3v) is 4.96. The zero-order valence-electron chi connectivity index (χ0n) is 14.3. The number of amides is 1. The quantitative estimate of drug-likeness (QED) is 0.557. The molecular weight excluding hydrogens is 439 g/mol. The first-order valence-electron chi connectivity index (χ1n) is 7.92. The van der Waals surface area contributed by atoms with E-state index in [9.17, 15) is 13.6 Å². The number of carbonyl (C=O) groups is 1. The molecule has 25 heavy (non-hydrogen) atoms. The Bertz CT molecular complexity index is 778. The summed E-state index contributed by atoms with van der Waals surface area (Å²) in [6.45, 7) is 5.52. The van der Waals surface area contributed by atoms with Gasteiger partial charge in [0.1, 0.15) is 12.4 Å². The van der Waals surface area contributed by atoms with E-state index in [0.717, 1.165) is 20.3 Å². The predicted octanol–water partition coefficient (Wildman–Crippen LogP) is 5.77. The van der Waals surface area contributed by atoms with Crippen molar-refractivity contribution in [1.29, 1.82) is 0 Å². The minimum atomic E-state index is -2.61. The Morgan fingerprint density at radius 2 is 1.92 bits per heavy atom. The Morgan fingerprint density at radius 3 is 2.56 bits per heavy atom. The summed E-state index contributed by atoms with van der Waals surface area (Å²) in [6, 6.07) is 8.59. The average Bonchev–Trinajstić information content (AvgIpc) is 2.56. The second-order valence-corrected chi connectivity index (χ2v) is 6.89. The summed E-state index contributed by atoms with van der Waals surface area (Å²) in [7, 11) is 0. The first-order chi connectivity index (χ1) is 11.8. The van der Waals surface area contributed by atoms with Crippen LogP contribution in [-0.2, 0) is 11.4 Å². The lowest BCUT2D eigenvalue weighted by atomic mass is 10.1. The first kappa shape index (κ1) is 19.6. The molecule has 0 aliphatic carbocycles. The van der Waals surface area contributed by atoms with Crippen LogP contribution in [0.3, 0.4) is 0 Å². The number of carbonyl (C=O) groups excluding carboxylic acids is 1. The number of alkyl halides is 2. The molecule has 0 radical (unpaired) electrons. The van der Waals surface area contributed by atoms with E-state index >= 15 is 0 Å². The van der Waals surface area contributed by atoms with Crippen LogP contribution < -0.4 is 10.1 Å². The molecule has 0 unspecified atom stereocenters. The fourth-order valence-electron chi connectivity index (χ4n) is 2.32. The van der Waals surface area contributed by atoms with Gasteiger partial charge in [-0.3, -0.25) is 4.79 Å². The van der Waals surface area contributed by atoms with Gasteiger partial charge < -0.3 is 10.1 Å². The zero-order chi connectivity index (χ0) is 18.6. The minimum Gasteiger partial charge on any atom is -0.488 e. The molecule has 3 nitrogen and oxygen atoms in total. The molecule has 2 rings (SSSR count). The number of ether oxygens (including phenoxy) is 1. The molecular formula is C19H20F2INO2. The third-order valence-electron chi connectivity index (χ3n) is 3.95. The molecule has 0 heterocycles. The Hall–Kier alpha value is -1.70. The van der Waals surface area contributed by atoms with Gasteiger partial charge in [-0.05, 0) is 71.8 Å². The van der Waals surface area contributed by atoms with Crippen molar-refractivity contribution >= 4 is 34.2 Å². The van der Waals surface area contributed by atoms with Crippen LogP contribution in [0.15, 0.2) is 30.3 Å². The summed E-state index contributed by atoms with van der Waals surface area (Å²) < 4.78 is 33.2. The van der Waals surface area contributed by atoms with E-state index in [1.807, 2.05) is 19.1 Å². The normalized spacial score (nSPS) is 10.8. The smallest absolute Gasteiger partial charge is 0.267 e. The predicted molar refractivity (Wildman–Crippen MR) is 103 cm³/mol. The number of halogens is 3. The molecule has 0 saturated carbocycles. The largest absolute Gasteiger partial charge is 0.488 e. The van der Waals surface area contributed by atoms with E-state index < -0.39 is 6.43 Å². The number of nitrogens with one attached hydrogen (secondary N) is 1. The summed E-state index contributed by atoms with van der Waals surface area (Å²) in [5, 5.41) is 2.82. The summed E-state index contributed by atoms with van der Waals surface area (Å²) >= 11 is 2.14. The second kappa shape index (κ2) is 8.60. The van der Waals surface area contributed by atoms with E-state index in [2.05, 4.69) is 27.9 Å². The summed E-state index contributed by atoms with van der Waals surface area (Å²) in [5.41, 5.74) is 2.98. The fraction of sp³-hybridized carbons (Fsp3) is 0.316. The molecule has 0 aromatic heterocycles. The number of aryl methyl sites for hydroxylation is 2.